The van der Waals surface area contributed by atoms with E-state index >= 15 is 0 Å². The minimum atomic E-state index is 0.661. The summed E-state index contributed by atoms with van der Waals surface area (Å²) in [5, 5.41) is 4.53. The predicted octanol–water partition coefficient (Wildman–Crippen LogP) is 2.24. The number of thioether (sulfide) groups is 1. The highest BCUT2D eigenvalue weighted by molar-refractivity contribution is 7.99. The number of nitrogens with zero attached hydrogens (tertiary/aromatic N) is 1. The van der Waals surface area contributed by atoms with Crippen LogP contribution >= 0.6 is 24.0 Å². The lowest BCUT2D eigenvalue weighted by Gasteiger charge is -2.26. The lowest BCUT2D eigenvalue weighted by atomic mass is 10.2. The molecule has 2 nitrogen and oxygen atoms in total. The van der Waals surface area contributed by atoms with Gasteiger partial charge in [-0.25, -0.2) is 0 Å². The Kier molecular flexibility index (Phi) is 4.57. The number of hydrogen-bond donors (Lipinski definition) is 1. The Morgan fingerprint density at radius 3 is 2.73 bits per heavy atom. The van der Waals surface area contributed by atoms with Crippen LogP contribution in [0.2, 0.25) is 0 Å². The summed E-state index contributed by atoms with van der Waals surface area (Å²) in [7, 11) is 0. The highest BCUT2D eigenvalue weighted by Crippen LogP contribution is 2.18. The Balaban J connectivity index is 1.77. The summed E-state index contributed by atoms with van der Waals surface area (Å²) in [4.78, 5) is 2.35. The van der Waals surface area contributed by atoms with E-state index in [2.05, 4.69) is 22.0 Å². The van der Waals surface area contributed by atoms with Crippen molar-refractivity contribution in [2.75, 3.05) is 24.6 Å². The summed E-state index contributed by atoms with van der Waals surface area (Å²) in [5.74, 6) is 2.52. The van der Waals surface area contributed by atoms with Gasteiger partial charge < -0.3 is 10.2 Å². The molecule has 1 aliphatic carbocycles. The van der Waals surface area contributed by atoms with Gasteiger partial charge in [-0.05, 0) is 37.2 Å². The maximum atomic E-state index is 5.48. The van der Waals surface area contributed by atoms with Gasteiger partial charge in [0.25, 0.3) is 0 Å². The molecular weight excluding hydrogens is 224 g/mol. The van der Waals surface area contributed by atoms with Gasteiger partial charge in [-0.15, -0.1) is 0 Å². The molecule has 0 atom stereocenters. The van der Waals surface area contributed by atoms with E-state index in [0.717, 1.165) is 18.2 Å². The molecule has 0 radical (unpaired) electrons. The Hall–Kier alpha value is 0.0400. The lowest BCUT2D eigenvalue weighted by molar-refractivity contribution is 0.431. The van der Waals surface area contributed by atoms with Gasteiger partial charge in [-0.3, -0.25) is 0 Å². The first-order valence-electron chi connectivity index (χ1n) is 5.99. The molecule has 0 aromatic carbocycles. The van der Waals surface area contributed by atoms with Crippen LogP contribution in [0.25, 0.3) is 0 Å². The molecule has 2 rings (SSSR count). The zero-order valence-corrected chi connectivity index (χ0v) is 10.8. The van der Waals surface area contributed by atoms with Crippen molar-refractivity contribution in [2.45, 2.75) is 38.1 Å². The Bertz CT molecular complexity index is 207. The second kappa shape index (κ2) is 5.94. The van der Waals surface area contributed by atoms with Crippen LogP contribution in [-0.2, 0) is 0 Å². The molecule has 2 aliphatic rings. The molecule has 1 heterocycles. The second-order valence-corrected chi connectivity index (χ2v) is 6.00. The average Bonchev–Trinajstić information content (AvgIpc) is 2.58. The highest BCUT2D eigenvalue weighted by atomic mass is 32.2. The van der Waals surface area contributed by atoms with E-state index in [-0.39, 0.29) is 0 Å². The third kappa shape index (κ3) is 3.52. The number of thiocarbonyl (C=S) groups is 1. The van der Waals surface area contributed by atoms with E-state index in [1.165, 1.54) is 43.6 Å². The smallest absolute Gasteiger partial charge is 0.169 e. The molecular formula is C11H20N2S2. The second-order valence-electron chi connectivity index (χ2n) is 4.38. The van der Waals surface area contributed by atoms with Crippen LogP contribution in [0.5, 0.6) is 0 Å². The first-order valence-corrected chi connectivity index (χ1v) is 7.56. The van der Waals surface area contributed by atoms with Gasteiger partial charge in [0.2, 0.25) is 0 Å². The number of nitrogens with one attached hydrogen (secondary N) is 1. The monoisotopic (exact) mass is 244 g/mol. The average molecular weight is 244 g/mol. The van der Waals surface area contributed by atoms with Gasteiger partial charge in [0.05, 0.1) is 0 Å². The topological polar surface area (TPSA) is 15.3 Å². The summed E-state index contributed by atoms with van der Waals surface area (Å²) in [6.45, 7) is 2.27. The molecule has 15 heavy (non-hydrogen) atoms. The largest absolute Gasteiger partial charge is 0.360 e. The van der Waals surface area contributed by atoms with Crippen LogP contribution in [0.4, 0.5) is 0 Å². The van der Waals surface area contributed by atoms with Crippen LogP contribution in [0.1, 0.15) is 32.1 Å². The van der Waals surface area contributed by atoms with Gasteiger partial charge in [-0.1, -0.05) is 12.8 Å². The van der Waals surface area contributed by atoms with Crippen molar-refractivity contribution < 1.29 is 0 Å². The van der Waals surface area contributed by atoms with Gasteiger partial charge in [0, 0.05) is 24.9 Å². The third-order valence-electron chi connectivity index (χ3n) is 3.19. The van der Waals surface area contributed by atoms with Crippen molar-refractivity contribution >= 4 is 29.1 Å². The lowest BCUT2D eigenvalue weighted by Crippen LogP contribution is -2.44. The Morgan fingerprint density at radius 1 is 1.13 bits per heavy atom. The van der Waals surface area contributed by atoms with Crippen LogP contribution in [0.3, 0.4) is 0 Å². The van der Waals surface area contributed by atoms with Gasteiger partial charge in [-0.2, -0.15) is 11.8 Å². The van der Waals surface area contributed by atoms with E-state index in [9.17, 15) is 0 Å². The third-order valence-corrected chi connectivity index (χ3v) is 4.62. The minimum absolute atomic E-state index is 0.661. The van der Waals surface area contributed by atoms with Gasteiger partial charge >= 0.3 is 0 Å². The maximum Gasteiger partial charge on any atom is 0.169 e. The molecule has 0 bridgehead atoms. The Morgan fingerprint density at radius 2 is 1.93 bits per heavy atom. The van der Waals surface area contributed by atoms with Crippen LogP contribution < -0.4 is 5.32 Å². The fraction of sp³-hybridized carbons (Fsp3) is 0.909. The van der Waals surface area contributed by atoms with Crippen molar-refractivity contribution in [3.8, 4) is 0 Å². The fourth-order valence-corrected chi connectivity index (χ4v) is 3.52. The SMILES string of the molecule is S=C(NC1CCCC1)N1CCCSCC1. The van der Waals surface area contributed by atoms with Crippen LogP contribution in [0, 0.1) is 0 Å². The molecule has 1 saturated heterocycles. The summed E-state index contributed by atoms with van der Waals surface area (Å²) >= 11 is 7.53. The summed E-state index contributed by atoms with van der Waals surface area (Å²) in [6, 6.07) is 0.661. The van der Waals surface area contributed by atoms with Gasteiger partial charge in [0.1, 0.15) is 0 Å². The molecule has 0 aromatic heterocycles. The summed E-state index contributed by atoms with van der Waals surface area (Å²) in [6.07, 6.45) is 6.63. The van der Waals surface area contributed by atoms with Crippen LogP contribution in [-0.4, -0.2) is 40.6 Å². The Labute approximate surface area is 102 Å². The number of rotatable bonds is 1. The number of hydrogen-bond acceptors (Lipinski definition) is 2. The normalized spacial score (nSPS) is 23.9. The molecule has 86 valence electrons. The van der Waals surface area contributed by atoms with E-state index < -0.39 is 0 Å². The molecule has 1 N–H and O–H groups in total. The molecule has 1 aliphatic heterocycles. The molecule has 0 aromatic rings. The molecule has 0 spiro atoms. The first-order chi connectivity index (χ1) is 7.36. The van der Waals surface area contributed by atoms with Crippen LogP contribution in [0.15, 0.2) is 0 Å². The highest BCUT2D eigenvalue weighted by Gasteiger charge is 2.18. The zero-order chi connectivity index (χ0) is 10.5. The molecule has 2 fully saturated rings. The van der Waals surface area contributed by atoms with E-state index in [1.54, 1.807) is 0 Å². The standard InChI is InChI=1S/C11H20N2S2/c14-11(12-10-4-1-2-5-10)13-6-3-8-15-9-7-13/h10H,1-9H2,(H,12,14). The summed E-state index contributed by atoms with van der Waals surface area (Å²) in [5.41, 5.74) is 0. The van der Waals surface area contributed by atoms with E-state index in [4.69, 9.17) is 12.2 Å². The molecule has 0 unspecified atom stereocenters. The predicted molar refractivity (Wildman–Crippen MR) is 71.5 cm³/mol. The van der Waals surface area contributed by atoms with Crippen molar-refractivity contribution in [1.29, 1.82) is 0 Å². The first kappa shape index (κ1) is 11.5. The zero-order valence-electron chi connectivity index (χ0n) is 9.21. The molecule has 0 amide bonds. The van der Waals surface area contributed by atoms with Crippen molar-refractivity contribution in [3.63, 3.8) is 0 Å². The fourth-order valence-electron chi connectivity index (χ4n) is 2.29. The summed E-state index contributed by atoms with van der Waals surface area (Å²) < 4.78 is 0. The minimum Gasteiger partial charge on any atom is -0.360 e. The van der Waals surface area contributed by atoms with Crippen molar-refractivity contribution in [2.24, 2.45) is 0 Å². The molecule has 4 heteroatoms. The van der Waals surface area contributed by atoms with E-state index in [0.29, 0.717) is 6.04 Å². The van der Waals surface area contributed by atoms with Gasteiger partial charge in [0.15, 0.2) is 5.11 Å². The quantitative estimate of drug-likeness (QED) is 0.711. The maximum absolute atomic E-state index is 5.48. The van der Waals surface area contributed by atoms with Crippen molar-refractivity contribution in [1.82, 2.24) is 10.2 Å². The molecule has 1 saturated carbocycles. The van der Waals surface area contributed by atoms with Crippen molar-refractivity contribution in [3.05, 3.63) is 0 Å². The van der Waals surface area contributed by atoms with E-state index in [1.807, 2.05) is 0 Å².